The Hall–Kier alpha value is -1.61. The molecule has 1 aliphatic rings. The van der Waals surface area contributed by atoms with Gasteiger partial charge in [0.2, 0.25) is 0 Å². The molecular formula is C16H20N2O. The predicted molar refractivity (Wildman–Crippen MR) is 77.5 cm³/mol. The molecule has 2 N–H and O–H groups in total. The number of nitrogens with two attached hydrogens (primary N) is 1. The maximum absolute atomic E-state index is 6.10. The standard InChI is InChI=1S/C16H20N2O/c1-19-12-4-5-13-14(6-9-18-15(13)10-12)16(11-17)7-2-3-8-16/h4-6,9-10H,2-3,7-8,11,17H2,1H3. The number of aromatic nitrogens is 1. The van der Waals surface area contributed by atoms with Crippen LogP contribution in [0.4, 0.5) is 0 Å². The molecule has 3 nitrogen and oxygen atoms in total. The van der Waals surface area contributed by atoms with Crippen LogP contribution in [0.5, 0.6) is 5.75 Å². The normalized spacial score (nSPS) is 17.8. The van der Waals surface area contributed by atoms with Gasteiger partial charge >= 0.3 is 0 Å². The summed E-state index contributed by atoms with van der Waals surface area (Å²) in [5, 5.41) is 1.22. The van der Waals surface area contributed by atoms with E-state index < -0.39 is 0 Å². The van der Waals surface area contributed by atoms with Crippen molar-refractivity contribution in [2.45, 2.75) is 31.1 Å². The molecule has 0 bridgehead atoms. The maximum Gasteiger partial charge on any atom is 0.121 e. The minimum absolute atomic E-state index is 0.149. The quantitative estimate of drug-likeness (QED) is 0.918. The molecule has 100 valence electrons. The van der Waals surface area contributed by atoms with Crippen LogP contribution in [0.3, 0.4) is 0 Å². The average Bonchev–Trinajstić information content (AvgIpc) is 2.96. The fourth-order valence-corrected chi connectivity index (χ4v) is 3.35. The van der Waals surface area contributed by atoms with Gasteiger partial charge in [-0.2, -0.15) is 0 Å². The summed E-state index contributed by atoms with van der Waals surface area (Å²) in [6.07, 6.45) is 6.82. The lowest BCUT2D eigenvalue weighted by Crippen LogP contribution is -2.32. The Kier molecular flexibility index (Phi) is 3.15. The van der Waals surface area contributed by atoms with Crippen LogP contribution >= 0.6 is 0 Å². The summed E-state index contributed by atoms with van der Waals surface area (Å²) < 4.78 is 5.27. The molecule has 3 rings (SSSR count). The molecule has 1 aliphatic carbocycles. The molecule has 0 radical (unpaired) electrons. The van der Waals surface area contributed by atoms with Crippen LogP contribution < -0.4 is 10.5 Å². The molecule has 0 atom stereocenters. The lowest BCUT2D eigenvalue weighted by Gasteiger charge is -2.29. The van der Waals surface area contributed by atoms with Gasteiger partial charge in [0, 0.05) is 29.6 Å². The van der Waals surface area contributed by atoms with Crippen molar-refractivity contribution >= 4 is 10.9 Å². The van der Waals surface area contributed by atoms with Gasteiger partial charge < -0.3 is 10.5 Å². The van der Waals surface area contributed by atoms with Gasteiger partial charge in [-0.1, -0.05) is 12.8 Å². The number of nitrogens with zero attached hydrogens (tertiary/aromatic N) is 1. The van der Waals surface area contributed by atoms with Gasteiger partial charge in [-0.05, 0) is 36.6 Å². The van der Waals surface area contributed by atoms with Gasteiger partial charge in [0.25, 0.3) is 0 Å². The zero-order valence-electron chi connectivity index (χ0n) is 11.4. The minimum atomic E-state index is 0.149. The van der Waals surface area contributed by atoms with Crippen molar-refractivity contribution in [1.29, 1.82) is 0 Å². The molecular weight excluding hydrogens is 236 g/mol. The molecule has 0 aliphatic heterocycles. The van der Waals surface area contributed by atoms with Crippen LogP contribution in [-0.2, 0) is 5.41 Å². The number of rotatable bonds is 3. The van der Waals surface area contributed by atoms with E-state index in [2.05, 4.69) is 17.1 Å². The first-order valence-electron chi connectivity index (χ1n) is 6.92. The van der Waals surface area contributed by atoms with Crippen molar-refractivity contribution in [3.63, 3.8) is 0 Å². The zero-order valence-corrected chi connectivity index (χ0v) is 11.4. The van der Waals surface area contributed by atoms with Gasteiger partial charge in [-0.3, -0.25) is 4.98 Å². The van der Waals surface area contributed by atoms with Gasteiger partial charge in [-0.15, -0.1) is 0 Å². The van der Waals surface area contributed by atoms with E-state index in [4.69, 9.17) is 10.5 Å². The molecule has 0 spiro atoms. The first kappa shape index (κ1) is 12.4. The van der Waals surface area contributed by atoms with Crippen molar-refractivity contribution in [2.75, 3.05) is 13.7 Å². The summed E-state index contributed by atoms with van der Waals surface area (Å²) in [7, 11) is 1.68. The number of pyridine rings is 1. The Morgan fingerprint density at radius 3 is 2.74 bits per heavy atom. The molecule has 1 aromatic heterocycles. The molecule has 1 aromatic carbocycles. The second-order valence-electron chi connectivity index (χ2n) is 5.43. The lowest BCUT2D eigenvalue weighted by atomic mass is 9.77. The second-order valence-corrected chi connectivity index (χ2v) is 5.43. The molecule has 1 saturated carbocycles. The fourth-order valence-electron chi connectivity index (χ4n) is 3.35. The number of hydrogen-bond acceptors (Lipinski definition) is 3. The zero-order chi connectivity index (χ0) is 13.3. The van der Waals surface area contributed by atoms with E-state index in [1.807, 2.05) is 18.3 Å². The topological polar surface area (TPSA) is 48.1 Å². The van der Waals surface area contributed by atoms with Crippen molar-refractivity contribution in [1.82, 2.24) is 4.98 Å². The third-order valence-electron chi connectivity index (χ3n) is 4.47. The number of benzene rings is 1. The highest BCUT2D eigenvalue weighted by atomic mass is 16.5. The molecule has 1 fully saturated rings. The number of hydrogen-bond donors (Lipinski definition) is 1. The predicted octanol–water partition coefficient (Wildman–Crippen LogP) is 3.01. The van der Waals surface area contributed by atoms with Crippen LogP contribution in [0.15, 0.2) is 30.5 Å². The van der Waals surface area contributed by atoms with E-state index in [9.17, 15) is 0 Å². The van der Waals surface area contributed by atoms with Crippen molar-refractivity contribution in [3.8, 4) is 5.75 Å². The van der Waals surface area contributed by atoms with Crippen LogP contribution in [0, 0.1) is 0 Å². The van der Waals surface area contributed by atoms with E-state index >= 15 is 0 Å². The monoisotopic (exact) mass is 256 g/mol. The summed E-state index contributed by atoms with van der Waals surface area (Å²) in [5.41, 5.74) is 8.61. The third kappa shape index (κ3) is 1.98. The Bertz CT molecular complexity index is 588. The van der Waals surface area contributed by atoms with Gasteiger partial charge in [0.1, 0.15) is 5.75 Å². The third-order valence-corrected chi connectivity index (χ3v) is 4.47. The molecule has 2 aromatic rings. The Morgan fingerprint density at radius 1 is 1.26 bits per heavy atom. The summed E-state index contributed by atoms with van der Waals surface area (Å²) in [5.74, 6) is 0.852. The van der Waals surface area contributed by atoms with Crippen molar-refractivity contribution < 1.29 is 4.74 Å². The maximum atomic E-state index is 6.10. The first-order chi connectivity index (χ1) is 9.29. The number of ether oxygens (including phenoxy) is 1. The SMILES string of the molecule is COc1ccc2c(C3(CN)CCCC3)ccnc2c1. The van der Waals surface area contributed by atoms with E-state index in [-0.39, 0.29) is 5.41 Å². The van der Waals surface area contributed by atoms with Crippen LogP contribution in [-0.4, -0.2) is 18.6 Å². The summed E-state index contributed by atoms with van der Waals surface area (Å²) >= 11 is 0. The van der Waals surface area contributed by atoms with Crippen LogP contribution in [0.25, 0.3) is 10.9 Å². The molecule has 0 unspecified atom stereocenters. The fraction of sp³-hybridized carbons (Fsp3) is 0.438. The average molecular weight is 256 g/mol. The van der Waals surface area contributed by atoms with Gasteiger partial charge in [0.15, 0.2) is 0 Å². The smallest absolute Gasteiger partial charge is 0.121 e. The van der Waals surface area contributed by atoms with E-state index in [1.54, 1.807) is 7.11 Å². The Morgan fingerprint density at radius 2 is 2.05 bits per heavy atom. The van der Waals surface area contributed by atoms with Gasteiger partial charge in [-0.25, -0.2) is 0 Å². The summed E-state index contributed by atoms with van der Waals surface area (Å²) in [6, 6.07) is 8.27. The first-order valence-corrected chi connectivity index (χ1v) is 6.92. The second kappa shape index (κ2) is 4.82. The Labute approximate surface area is 113 Å². The van der Waals surface area contributed by atoms with E-state index in [1.165, 1.54) is 36.6 Å². The lowest BCUT2D eigenvalue weighted by molar-refractivity contribution is 0.415. The summed E-state index contributed by atoms with van der Waals surface area (Å²) in [6.45, 7) is 0.720. The van der Waals surface area contributed by atoms with Gasteiger partial charge in [0.05, 0.1) is 12.6 Å². The van der Waals surface area contributed by atoms with Crippen molar-refractivity contribution in [3.05, 3.63) is 36.0 Å². The number of fused-ring (bicyclic) bond motifs is 1. The molecule has 19 heavy (non-hydrogen) atoms. The van der Waals surface area contributed by atoms with Crippen LogP contribution in [0.2, 0.25) is 0 Å². The highest BCUT2D eigenvalue weighted by molar-refractivity contribution is 5.84. The largest absolute Gasteiger partial charge is 0.497 e. The highest BCUT2D eigenvalue weighted by Gasteiger charge is 2.35. The molecule has 0 amide bonds. The van der Waals surface area contributed by atoms with E-state index in [0.717, 1.165) is 17.8 Å². The molecule has 3 heteroatoms. The molecule has 1 heterocycles. The minimum Gasteiger partial charge on any atom is -0.497 e. The van der Waals surface area contributed by atoms with E-state index in [0.29, 0.717) is 0 Å². The summed E-state index contributed by atoms with van der Waals surface area (Å²) in [4.78, 5) is 4.47. The van der Waals surface area contributed by atoms with Crippen molar-refractivity contribution in [2.24, 2.45) is 5.73 Å². The van der Waals surface area contributed by atoms with Crippen LogP contribution in [0.1, 0.15) is 31.2 Å². The Balaban J connectivity index is 2.18. The number of methoxy groups -OCH3 is 1. The molecule has 0 saturated heterocycles. The highest BCUT2D eigenvalue weighted by Crippen LogP contribution is 2.42.